The first kappa shape index (κ1) is 16.0. The summed E-state index contributed by atoms with van der Waals surface area (Å²) < 4.78 is 5.57. The van der Waals surface area contributed by atoms with Gasteiger partial charge in [0.2, 0.25) is 0 Å². The minimum atomic E-state index is 0.504. The zero-order chi connectivity index (χ0) is 13.4. The molecule has 18 heavy (non-hydrogen) atoms. The van der Waals surface area contributed by atoms with E-state index in [1.54, 1.807) is 0 Å². The molecule has 1 N–H and O–H groups in total. The fourth-order valence-corrected chi connectivity index (χ4v) is 3.07. The van der Waals surface area contributed by atoms with Crippen LogP contribution in [0.15, 0.2) is 0 Å². The summed E-state index contributed by atoms with van der Waals surface area (Å²) in [5, 5.41) is 3.69. The molecular formula is C16H33NO. The zero-order valence-corrected chi connectivity index (χ0v) is 12.9. The Morgan fingerprint density at radius 1 is 1.11 bits per heavy atom. The first-order valence-electron chi connectivity index (χ1n) is 7.90. The fraction of sp³-hybridized carbons (Fsp3) is 1.00. The molecule has 0 unspecified atom stereocenters. The lowest BCUT2D eigenvalue weighted by Crippen LogP contribution is -2.41. The first-order valence-corrected chi connectivity index (χ1v) is 7.90. The van der Waals surface area contributed by atoms with Crippen LogP contribution in [0.1, 0.15) is 59.8 Å². The van der Waals surface area contributed by atoms with Crippen molar-refractivity contribution in [2.75, 3.05) is 26.3 Å². The Labute approximate surface area is 114 Å². The highest BCUT2D eigenvalue weighted by atomic mass is 16.5. The van der Waals surface area contributed by atoms with Crippen molar-refractivity contribution in [1.82, 2.24) is 5.32 Å². The van der Waals surface area contributed by atoms with Crippen molar-refractivity contribution in [3.63, 3.8) is 0 Å². The van der Waals surface area contributed by atoms with Crippen molar-refractivity contribution < 1.29 is 4.74 Å². The van der Waals surface area contributed by atoms with E-state index in [9.17, 15) is 0 Å². The molecule has 0 aromatic rings. The van der Waals surface area contributed by atoms with Crippen LogP contribution in [-0.4, -0.2) is 26.3 Å². The normalized spacial score (nSPS) is 19.7. The summed E-state index contributed by atoms with van der Waals surface area (Å²) in [4.78, 5) is 0. The minimum Gasteiger partial charge on any atom is -0.381 e. The van der Waals surface area contributed by atoms with Crippen LogP contribution in [0, 0.1) is 17.3 Å². The standard InChI is InChI=1S/C16H33NO/c1-5-15(6-2)11-16(7-9-18-10-8-16)13-17-12-14(3)4/h14-15,17H,5-13H2,1-4H3. The van der Waals surface area contributed by atoms with Gasteiger partial charge in [-0.3, -0.25) is 0 Å². The summed E-state index contributed by atoms with van der Waals surface area (Å²) in [5.41, 5.74) is 0.504. The van der Waals surface area contributed by atoms with Crippen molar-refractivity contribution in [2.24, 2.45) is 17.3 Å². The highest BCUT2D eigenvalue weighted by Crippen LogP contribution is 2.38. The Bertz CT molecular complexity index is 205. The van der Waals surface area contributed by atoms with Gasteiger partial charge in [-0.2, -0.15) is 0 Å². The van der Waals surface area contributed by atoms with E-state index in [1.165, 1.54) is 38.6 Å². The van der Waals surface area contributed by atoms with Gasteiger partial charge in [0.15, 0.2) is 0 Å². The minimum absolute atomic E-state index is 0.504. The highest BCUT2D eigenvalue weighted by molar-refractivity contribution is 4.86. The average molecular weight is 255 g/mol. The summed E-state index contributed by atoms with van der Waals surface area (Å²) in [7, 11) is 0. The van der Waals surface area contributed by atoms with Gasteiger partial charge in [-0.15, -0.1) is 0 Å². The van der Waals surface area contributed by atoms with Gasteiger partial charge in [0, 0.05) is 19.8 Å². The van der Waals surface area contributed by atoms with Crippen molar-refractivity contribution in [3.05, 3.63) is 0 Å². The Morgan fingerprint density at radius 2 is 1.72 bits per heavy atom. The molecule has 1 saturated heterocycles. The molecular weight excluding hydrogens is 222 g/mol. The van der Waals surface area contributed by atoms with E-state index >= 15 is 0 Å². The molecule has 0 radical (unpaired) electrons. The SMILES string of the molecule is CCC(CC)CC1(CNCC(C)C)CCOCC1. The summed E-state index contributed by atoms with van der Waals surface area (Å²) >= 11 is 0. The second kappa shape index (κ2) is 8.16. The number of nitrogens with one attached hydrogen (secondary N) is 1. The molecule has 1 heterocycles. The molecule has 0 atom stereocenters. The third-order valence-corrected chi connectivity index (χ3v) is 4.48. The predicted molar refractivity (Wildman–Crippen MR) is 78.9 cm³/mol. The van der Waals surface area contributed by atoms with Crippen LogP contribution in [0.5, 0.6) is 0 Å². The number of hydrogen-bond donors (Lipinski definition) is 1. The van der Waals surface area contributed by atoms with E-state index in [0.29, 0.717) is 5.41 Å². The maximum atomic E-state index is 5.57. The Morgan fingerprint density at radius 3 is 2.22 bits per heavy atom. The molecule has 0 saturated carbocycles. The molecule has 2 nitrogen and oxygen atoms in total. The summed E-state index contributed by atoms with van der Waals surface area (Å²) in [5.74, 6) is 1.64. The second-order valence-corrected chi connectivity index (χ2v) is 6.52. The van der Waals surface area contributed by atoms with Crippen LogP contribution in [0.3, 0.4) is 0 Å². The van der Waals surface area contributed by atoms with E-state index in [-0.39, 0.29) is 0 Å². The van der Waals surface area contributed by atoms with Gasteiger partial charge in [-0.05, 0) is 43.1 Å². The number of rotatable bonds is 8. The predicted octanol–water partition coefficient (Wildman–Crippen LogP) is 3.86. The van der Waals surface area contributed by atoms with Crippen LogP contribution in [-0.2, 0) is 4.74 Å². The van der Waals surface area contributed by atoms with Crippen LogP contribution in [0.25, 0.3) is 0 Å². The van der Waals surface area contributed by atoms with Gasteiger partial charge >= 0.3 is 0 Å². The zero-order valence-electron chi connectivity index (χ0n) is 12.9. The quantitative estimate of drug-likeness (QED) is 0.711. The Hall–Kier alpha value is -0.0800. The lowest BCUT2D eigenvalue weighted by Gasteiger charge is -2.40. The lowest BCUT2D eigenvalue weighted by molar-refractivity contribution is 0.00118. The van der Waals surface area contributed by atoms with Gasteiger partial charge in [0.25, 0.3) is 0 Å². The Balaban J connectivity index is 2.51. The van der Waals surface area contributed by atoms with Crippen molar-refractivity contribution in [2.45, 2.75) is 59.8 Å². The monoisotopic (exact) mass is 255 g/mol. The Kier molecular flexibility index (Phi) is 7.25. The van der Waals surface area contributed by atoms with E-state index in [0.717, 1.165) is 31.6 Å². The lowest BCUT2D eigenvalue weighted by atomic mass is 9.72. The molecule has 0 amide bonds. The third kappa shape index (κ3) is 5.27. The van der Waals surface area contributed by atoms with E-state index in [4.69, 9.17) is 4.74 Å². The number of hydrogen-bond acceptors (Lipinski definition) is 2. The van der Waals surface area contributed by atoms with Gasteiger partial charge < -0.3 is 10.1 Å². The van der Waals surface area contributed by atoms with Crippen LogP contribution in [0.2, 0.25) is 0 Å². The molecule has 1 aliphatic rings. The average Bonchev–Trinajstić information content (AvgIpc) is 2.37. The topological polar surface area (TPSA) is 21.3 Å². The van der Waals surface area contributed by atoms with Crippen LogP contribution >= 0.6 is 0 Å². The highest BCUT2D eigenvalue weighted by Gasteiger charge is 2.33. The summed E-state index contributed by atoms with van der Waals surface area (Å²) in [6, 6.07) is 0. The summed E-state index contributed by atoms with van der Waals surface area (Å²) in [6.07, 6.45) is 6.52. The first-order chi connectivity index (χ1) is 8.62. The molecule has 1 aliphatic heterocycles. The van der Waals surface area contributed by atoms with Gasteiger partial charge in [0.1, 0.15) is 0 Å². The maximum Gasteiger partial charge on any atom is 0.0471 e. The van der Waals surface area contributed by atoms with Crippen molar-refractivity contribution in [3.8, 4) is 0 Å². The molecule has 0 spiro atoms. The molecule has 108 valence electrons. The molecule has 0 aromatic heterocycles. The van der Waals surface area contributed by atoms with Crippen LogP contribution < -0.4 is 5.32 Å². The third-order valence-electron chi connectivity index (χ3n) is 4.48. The molecule has 1 rings (SSSR count). The van der Waals surface area contributed by atoms with Gasteiger partial charge in [-0.1, -0.05) is 40.5 Å². The second-order valence-electron chi connectivity index (χ2n) is 6.52. The van der Waals surface area contributed by atoms with Gasteiger partial charge in [-0.25, -0.2) is 0 Å². The maximum absolute atomic E-state index is 5.57. The van der Waals surface area contributed by atoms with Crippen molar-refractivity contribution >= 4 is 0 Å². The van der Waals surface area contributed by atoms with E-state index in [1.807, 2.05) is 0 Å². The largest absolute Gasteiger partial charge is 0.381 e. The molecule has 0 aromatic carbocycles. The van der Waals surface area contributed by atoms with Gasteiger partial charge in [0.05, 0.1) is 0 Å². The molecule has 2 heteroatoms. The number of ether oxygens (including phenoxy) is 1. The molecule has 0 aliphatic carbocycles. The van der Waals surface area contributed by atoms with E-state index < -0.39 is 0 Å². The van der Waals surface area contributed by atoms with Crippen LogP contribution in [0.4, 0.5) is 0 Å². The van der Waals surface area contributed by atoms with Crippen molar-refractivity contribution in [1.29, 1.82) is 0 Å². The molecule has 0 bridgehead atoms. The molecule has 1 fully saturated rings. The fourth-order valence-electron chi connectivity index (χ4n) is 3.07. The summed E-state index contributed by atoms with van der Waals surface area (Å²) in [6.45, 7) is 13.5. The smallest absolute Gasteiger partial charge is 0.0471 e. The van der Waals surface area contributed by atoms with E-state index in [2.05, 4.69) is 33.0 Å².